The van der Waals surface area contributed by atoms with Gasteiger partial charge >= 0.3 is 0 Å². The van der Waals surface area contributed by atoms with E-state index >= 15 is 0 Å². The SMILES string of the molecule is COc1cc2nccc(Oc3ccc(NC(=O)c4cn(C)cn4)cc3F)c2cc1OC. The van der Waals surface area contributed by atoms with E-state index in [2.05, 4.69) is 15.3 Å². The van der Waals surface area contributed by atoms with E-state index in [4.69, 9.17) is 14.2 Å². The van der Waals surface area contributed by atoms with Crippen molar-refractivity contribution < 1.29 is 23.4 Å². The minimum atomic E-state index is -0.635. The van der Waals surface area contributed by atoms with Crippen molar-refractivity contribution in [2.75, 3.05) is 19.5 Å². The van der Waals surface area contributed by atoms with E-state index in [1.165, 1.54) is 32.7 Å². The lowest BCUT2D eigenvalue weighted by Crippen LogP contribution is -2.12. The second-order valence-corrected chi connectivity index (χ2v) is 6.66. The lowest BCUT2D eigenvalue weighted by molar-refractivity contribution is 0.102. The van der Waals surface area contributed by atoms with Crippen molar-refractivity contribution in [1.29, 1.82) is 0 Å². The lowest BCUT2D eigenvalue weighted by atomic mass is 10.2. The molecule has 0 atom stereocenters. The van der Waals surface area contributed by atoms with Crippen LogP contribution in [0.3, 0.4) is 0 Å². The normalized spacial score (nSPS) is 10.7. The Bertz CT molecular complexity index is 1270. The van der Waals surface area contributed by atoms with E-state index in [0.29, 0.717) is 28.2 Å². The van der Waals surface area contributed by atoms with Crippen LogP contribution < -0.4 is 19.5 Å². The smallest absolute Gasteiger partial charge is 0.275 e. The summed E-state index contributed by atoms with van der Waals surface area (Å²) in [6.45, 7) is 0. The third kappa shape index (κ3) is 4.11. The van der Waals surface area contributed by atoms with Crippen LogP contribution in [0.25, 0.3) is 10.9 Å². The fraction of sp³-hybridized carbons (Fsp3) is 0.136. The molecule has 0 aliphatic carbocycles. The number of imidazole rings is 1. The molecule has 0 aliphatic rings. The first kappa shape index (κ1) is 20.1. The second kappa shape index (κ2) is 8.31. The van der Waals surface area contributed by atoms with Crippen molar-refractivity contribution in [2.24, 2.45) is 7.05 Å². The highest BCUT2D eigenvalue weighted by Gasteiger charge is 2.14. The molecule has 0 unspecified atom stereocenters. The minimum Gasteiger partial charge on any atom is -0.493 e. The molecule has 2 aromatic carbocycles. The van der Waals surface area contributed by atoms with Gasteiger partial charge in [0.05, 0.1) is 26.1 Å². The average Bonchev–Trinajstić information content (AvgIpc) is 3.21. The zero-order valence-corrected chi connectivity index (χ0v) is 17.0. The first-order valence-corrected chi connectivity index (χ1v) is 9.26. The predicted octanol–water partition coefficient (Wildman–Crippen LogP) is 4.17. The Morgan fingerprint density at radius 1 is 1.00 bits per heavy atom. The number of hydrogen-bond acceptors (Lipinski definition) is 6. The molecule has 31 heavy (non-hydrogen) atoms. The van der Waals surface area contributed by atoms with Gasteiger partial charge < -0.3 is 24.1 Å². The number of halogens is 1. The molecule has 1 N–H and O–H groups in total. The second-order valence-electron chi connectivity index (χ2n) is 6.66. The average molecular weight is 422 g/mol. The maximum Gasteiger partial charge on any atom is 0.275 e. The Morgan fingerprint density at radius 2 is 1.77 bits per heavy atom. The van der Waals surface area contributed by atoms with Crippen molar-refractivity contribution in [1.82, 2.24) is 14.5 Å². The van der Waals surface area contributed by atoms with Crippen LogP contribution in [0.1, 0.15) is 10.5 Å². The molecule has 158 valence electrons. The molecule has 8 nitrogen and oxygen atoms in total. The number of aryl methyl sites for hydroxylation is 1. The monoisotopic (exact) mass is 422 g/mol. The quantitative estimate of drug-likeness (QED) is 0.502. The number of nitrogens with one attached hydrogen (secondary N) is 1. The van der Waals surface area contributed by atoms with Gasteiger partial charge in [0.1, 0.15) is 11.4 Å². The summed E-state index contributed by atoms with van der Waals surface area (Å²) >= 11 is 0. The Hall–Kier alpha value is -4.14. The van der Waals surface area contributed by atoms with E-state index in [0.717, 1.165) is 0 Å². The maximum absolute atomic E-state index is 14.7. The fourth-order valence-electron chi connectivity index (χ4n) is 3.04. The molecule has 0 fully saturated rings. The van der Waals surface area contributed by atoms with Crippen molar-refractivity contribution in [3.05, 3.63) is 66.6 Å². The van der Waals surface area contributed by atoms with Crippen LogP contribution in [-0.2, 0) is 7.05 Å². The number of carbonyl (C=O) groups is 1. The molecule has 0 spiro atoms. The number of anilines is 1. The van der Waals surface area contributed by atoms with Gasteiger partial charge in [0.15, 0.2) is 23.1 Å². The first-order chi connectivity index (χ1) is 15.0. The van der Waals surface area contributed by atoms with Gasteiger partial charge in [0.25, 0.3) is 5.91 Å². The highest BCUT2D eigenvalue weighted by Crippen LogP contribution is 2.37. The van der Waals surface area contributed by atoms with E-state index < -0.39 is 11.7 Å². The summed E-state index contributed by atoms with van der Waals surface area (Å²) < 4.78 is 32.8. The number of fused-ring (bicyclic) bond motifs is 1. The van der Waals surface area contributed by atoms with Gasteiger partial charge in [-0.05, 0) is 24.3 Å². The molecule has 2 heterocycles. The van der Waals surface area contributed by atoms with Crippen LogP contribution in [-0.4, -0.2) is 34.7 Å². The number of nitrogens with zero attached hydrogens (tertiary/aromatic N) is 3. The van der Waals surface area contributed by atoms with E-state index in [1.807, 2.05) is 0 Å². The number of pyridine rings is 1. The van der Waals surface area contributed by atoms with Crippen molar-refractivity contribution >= 4 is 22.5 Å². The fourth-order valence-corrected chi connectivity index (χ4v) is 3.04. The van der Waals surface area contributed by atoms with Gasteiger partial charge in [-0.2, -0.15) is 0 Å². The van der Waals surface area contributed by atoms with Crippen molar-refractivity contribution in [2.45, 2.75) is 0 Å². The summed E-state index contributed by atoms with van der Waals surface area (Å²) in [5, 5.41) is 3.24. The molecule has 4 aromatic rings. The highest BCUT2D eigenvalue weighted by molar-refractivity contribution is 6.02. The summed E-state index contributed by atoms with van der Waals surface area (Å²) in [7, 11) is 4.82. The molecule has 0 saturated carbocycles. The Labute approximate surface area is 177 Å². The molecular weight excluding hydrogens is 403 g/mol. The first-order valence-electron chi connectivity index (χ1n) is 9.26. The van der Waals surface area contributed by atoms with E-state index in [9.17, 15) is 9.18 Å². The lowest BCUT2D eigenvalue weighted by Gasteiger charge is -2.13. The van der Waals surface area contributed by atoms with Crippen LogP contribution >= 0.6 is 0 Å². The number of aromatic nitrogens is 3. The number of carbonyl (C=O) groups excluding carboxylic acids is 1. The summed E-state index contributed by atoms with van der Waals surface area (Å²) in [5.41, 5.74) is 1.12. The molecule has 0 radical (unpaired) electrons. The molecule has 0 aliphatic heterocycles. The number of methoxy groups -OCH3 is 2. The van der Waals surface area contributed by atoms with Crippen LogP contribution in [0.5, 0.6) is 23.0 Å². The van der Waals surface area contributed by atoms with Gasteiger partial charge in [-0.15, -0.1) is 0 Å². The summed E-state index contributed by atoms with van der Waals surface area (Å²) in [5.74, 6) is 0.354. The summed E-state index contributed by atoms with van der Waals surface area (Å²) in [6, 6.07) is 9.24. The van der Waals surface area contributed by atoms with E-state index in [-0.39, 0.29) is 17.1 Å². The molecule has 2 aromatic heterocycles. The topological polar surface area (TPSA) is 87.5 Å². The maximum atomic E-state index is 14.7. The number of hydrogen-bond donors (Lipinski definition) is 1. The van der Waals surface area contributed by atoms with Gasteiger partial charge in [0, 0.05) is 42.6 Å². The van der Waals surface area contributed by atoms with Gasteiger partial charge in [-0.3, -0.25) is 9.78 Å². The largest absolute Gasteiger partial charge is 0.493 e. The minimum absolute atomic E-state index is 0.00174. The molecule has 1 amide bonds. The van der Waals surface area contributed by atoms with Crippen molar-refractivity contribution in [3.8, 4) is 23.0 Å². The third-order valence-corrected chi connectivity index (χ3v) is 4.55. The van der Waals surface area contributed by atoms with Crippen molar-refractivity contribution in [3.63, 3.8) is 0 Å². The Morgan fingerprint density at radius 3 is 2.45 bits per heavy atom. The molecule has 0 saturated heterocycles. The van der Waals surface area contributed by atoms with Crippen LogP contribution in [0.2, 0.25) is 0 Å². The van der Waals surface area contributed by atoms with E-state index in [1.54, 1.807) is 48.3 Å². The Kier molecular flexibility index (Phi) is 5.40. The highest BCUT2D eigenvalue weighted by atomic mass is 19.1. The standard InChI is InChI=1S/C22H19FN4O4/c1-27-11-17(25-12-27)22(28)26-13-4-5-19(15(23)8-13)31-18-6-7-24-16-10-21(30-3)20(29-2)9-14(16)18/h4-12H,1-3H3,(H,26,28). The Balaban J connectivity index is 1.59. The molecule has 9 heteroatoms. The summed E-state index contributed by atoms with van der Waals surface area (Å²) in [6.07, 6.45) is 4.64. The van der Waals surface area contributed by atoms with Gasteiger partial charge in [0.2, 0.25) is 0 Å². The molecule has 4 rings (SSSR count). The predicted molar refractivity (Wildman–Crippen MR) is 112 cm³/mol. The zero-order valence-electron chi connectivity index (χ0n) is 17.0. The van der Waals surface area contributed by atoms with Gasteiger partial charge in [-0.1, -0.05) is 0 Å². The summed E-state index contributed by atoms with van der Waals surface area (Å²) in [4.78, 5) is 20.5. The van der Waals surface area contributed by atoms with Gasteiger partial charge in [-0.25, -0.2) is 9.37 Å². The van der Waals surface area contributed by atoms with Crippen LogP contribution in [0.15, 0.2) is 55.1 Å². The number of rotatable bonds is 6. The van der Waals surface area contributed by atoms with Crippen LogP contribution in [0, 0.1) is 5.82 Å². The number of amides is 1. The number of benzene rings is 2. The molecular formula is C22H19FN4O4. The third-order valence-electron chi connectivity index (χ3n) is 4.55. The molecule has 0 bridgehead atoms. The number of ether oxygens (including phenoxy) is 3. The van der Waals surface area contributed by atoms with Crippen LogP contribution in [0.4, 0.5) is 10.1 Å². The zero-order chi connectivity index (χ0) is 22.0.